The summed E-state index contributed by atoms with van der Waals surface area (Å²) in [6.07, 6.45) is 1.47. The summed E-state index contributed by atoms with van der Waals surface area (Å²) in [6.45, 7) is 5.34. The van der Waals surface area contributed by atoms with Gasteiger partial charge in [-0.05, 0) is 38.7 Å². The van der Waals surface area contributed by atoms with Crippen molar-refractivity contribution in [2.24, 2.45) is 5.92 Å². The van der Waals surface area contributed by atoms with E-state index < -0.39 is 6.10 Å². The second kappa shape index (κ2) is 4.37. The van der Waals surface area contributed by atoms with E-state index in [2.05, 4.69) is 0 Å². The highest BCUT2D eigenvalue weighted by molar-refractivity contribution is 5.23. The molecule has 1 aliphatic rings. The van der Waals surface area contributed by atoms with E-state index in [9.17, 15) is 5.11 Å². The van der Waals surface area contributed by atoms with Crippen LogP contribution in [-0.2, 0) is 4.74 Å². The van der Waals surface area contributed by atoms with E-state index in [1.165, 1.54) is 0 Å². The minimum atomic E-state index is -0.397. The summed E-state index contributed by atoms with van der Waals surface area (Å²) < 4.78 is 10.7. The Labute approximate surface area is 90.0 Å². The Bertz CT molecular complexity index is 324. The fourth-order valence-electron chi connectivity index (χ4n) is 2.23. The second-order valence-electron chi connectivity index (χ2n) is 4.26. The van der Waals surface area contributed by atoms with Gasteiger partial charge in [0.15, 0.2) is 0 Å². The highest BCUT2D eigenvalue weighted by atomic mass is 16.5. The average molecular weight is 210 g/mol. The van der Waals surface area contributed by atoms with Crippen LogP contribution < -0.4 is 0 Å². The molecule has 1 aromatic heterocycles. The van der Waals surface area contributed by atoms with Crippen LogP contribution in [0.15, 0.2) is 10.5 Å². The molecule has 0 aliphatic carbocycles. The molecule has 0 amide bonds. The van der Waals surface area contributed by atoms with Crippen LogP contribution in [0.2, 0.25) is 0 Å². The molecule has 1 fully saturated rings. The topological polar surface area (TPSA) is 42.6 Å². The number of aliphatic hydroxyl groups is 1. The zero-order chi connectivity index (χ0) is 10.8. The van der Waals surface area contributed by atoms with E-state index in [1.54, 1.807) is 0 Å². The molecule has 1 saturated heterocycles. The van der Waals surface area contributed by atoms with Gasteiger partial charge in [-0.1, -0.05) is 0 Å². The molecule has 0 spiro atoms. The normalized spacial score (nSPS) is 20.5. The molecule has 2 rings (SSSR count). The smallest absolute Gasteiger partial charge is 0.106 e. The van der Waals surface area contributed by atoms with E-state index in [0.29, 0.717) is 5.92 Å². The maximum absolute atomic E-state index is 10.2. The van der Waals surface area contributed by atoms with Gasteiger partial charge in [-0.2, -0.15) is 0 Å². The third-order valence-corrected chi connectivity index (χ3v) is 3.11. The van der Waals surface area contributed by atoms with Gasteiger partial charge in [0, 0.05) is 18.8 Å². The van der Waals surface area contributed by atoms with Gasteiger partial charge in [-0.15, -0.1) is 0 Å². The predicted molar refractivity (Wildman–Crippen MR) is 56.7 cm³/mol. The van der Waals surface area contributed by atoms with Crippen LogP contribution in [0.3, 0.4) is 0 Å². The van der Waals surface area contributed by atoms with Gasteiger partial charge in [-0.3, -0.25) is 0 Å². The third-order valence-electron chi connectivity index (χ3n) is 3.11. The van der Waals surface area contributed by atoms with Gasteiger partial charge in [0.05, 0.1) is 6.10 Å². The summed E-state index contributed by atoms with van der Waals surface area (Å²) in [4.78, 5) is 0. The Morgan fingerprint density at radius 3 is 2.53 bits per heavy atom. The van der Waals surface area contributed by atoms with Crippen molar-refractivity contribution in [2.45, 2.75) is 32.8 Å². The number of furan rings is 1. The van der Waals surface area contributed by atoms with Crippen LogP contribution in [-0.4, -0.2) is 18.3 Å². The third kappa shape index (κ3) is 2.24. The Morgan fingerprint density at radius 2 is 2.00 bits per heavy atom. The first-order chi connectivity index (χ1) is 7.18. The Hall–Kier alpha value is -0.800. The molecule has 1 unspecified atom stereocenters. The first-order valence-electron chi connectivity index (χ1n) is 5.51. The number of ether oxygens (including phenoxy) is 1. The largest absolute Gasteiger partial charge is 0.466 e. The molecule has 1 aromatic rings. The SMILES string of the molecule is Cc1cc(C(O)C2CCOCC2)c(C)o1. The van der Waals surface area contributed by atoms with Crippen molar-refractivity contribution in [2.75, 3.05) is 13.2 Å². The first-order valence-corrected chi connectivity index (χ1v) is 5.51. The van der Waals surface area contributed by atoms with Crippen LogP contribution in [0.25, 0.3) is 0 Å². The van der Waals surface area contributed by atoms with Gasteiger partial charge in [0.25, 0.3) is 0 Å². The van der Waals surface area contributed by atoms with Crippen molar-refractivity contribution in [1.29, 1.82) is 0 Å². The molecule has 84 valence electrons. The van der Waals surface area contributed by atoms with Gasteiger partial charge < -0.3 is 14.3 Å². The van der Waals surface area contributed by atoms with E-state index in [-0.39, 0.29) is 0 Å². The van der Waals surface area contributed by atoms with Crippen LogP contribution in [0.5, 0.6) is 0 Å². The molecular formula is C12H18O3. The predicted octanol–water partition coefficient (Wildman–Crippen LogP) is 2.36. The van der Waals surface area contributed by atoms with Crippen LogP contribution in [0.4, 0.5) is 0 Å². The highest BCUT2D eigenvalue weighted by Gasteiger charge is 2.26. The van der Waals surface area contributed by atoms with Crippen molar-refractivity contribution in [3.63, 3.8) is 0 Å². The summed E-state index contributed by atoms with van der Waals surface area (Å²) in [6, 6.07) is 1.94. The molecule has 3 heteroatoms. The summed E-state index contributed by atoms with van der Waals surface area (Å²) in [7, 11) is 0. The number of hydrogen-bond acceptors (Lipinski definition) is 3. The molecule has 15 heavy (non-hydrogen) atoms. The summed E-state index contributed by atoms with van der Waals surface area (Å²) in [5.41, 5.74) is 0.944. The van der Waals surface area contributed by atoms with E-state index in [1.807, 2.05) is 19.9 Å². The molecule has 0 aromatic carbocycles. The van der Waals surface area contributed by atoms with Gasteiger partial charge in [0.2, 0.25) is 0 Å². The zero-order valence-corrected chi connectivity index (χ0v) is 9.32. The minimum absolute atomic E-state index is 0.314. The van der Waals surface area contributed by atoms with Crippen molar-refractivity contribution < 1.29 is 14.3 Å². The number of aryl methyl sites for hydroxylation is 2. The molecule has 0 bridgehead atoms. The highest BCUT2D eigenvalue weighted by Crippen LogP contribution is 2.32. The molecule has 0 saturated carbocycles. The lowest BCUT2D eigenvalue weighted by Crippen LogP contribution is -2.22. The Morgan fingerprint density at radius 1 is 1.33 bits per heavy atom. The molecule has 1 atom stereocenters. The average Bonchev–Trinajstić information content (AvgIpc) is 2.58. The fraction of sp³-hybridized carbons (Fsp3) is 0.667. The molecule has 2 heterocycles. The van der Waals surface area contributed by atoms with Crippen LogP contribution >= 0.6 is 0 Å². The van der Waals surface area contributed by atoms with Crippen LogP contribution in [0.1, 0.15) is 36.0 Å². The summed E-state index contributed by atoms with van der Waals surface area (Å²) >= 11 is 0. The lowest BCUT2D eigenvalue weighted by Gasteiger charge is -2.26. The van der Waals surface area contributed by atoms with E-state index in [4.69, 9.17) is 9.15 Å². The number of aliphatic hydroxyl groups excluding tert-OH is 1. The van der Waals surface area contributed by atoms with Crippen molar-refractivity contribution in [1.82, 2.24) is 0 Å². The van der Waals surface area contributed by atoms with Crippen molar-refractivity contribution in [3.8, 4) is 0 Å². The molecular weight excluding hydrogens is 192 g/mol. The monoisotopic (exact) mass is 210 g/mol. The Kier molecular flexibility index (Phi) is 3.12. The quantitative estimate of drug-likeness (QED) is 0.814. The fourth-order valence-corrected chi connectivity index (χ4v) is 2.23. The minimum Gasteiger partial charge on any atom is -0.466 e. The first kappa shape index (κ1) is 10.7. The lowest BCUT2D eigenvalue weighted by molar-refractivity contribution is 0.00668. The summed E-state index contributed by atoms with van der Waals surface area (Å²) in [5.74, 6) is 2.02. The zero-order valence-electron chi connectivity index (χ0n) is 9.32. The summed E-state index contributed by atoms with van der Waals surface area (Å²) in [5, 5.41) is 10.2. The maximum atomic E-state index is 10.2. The van der Waals surface area contributed by atoms with Crippen LogP contribution in [0, 0.1) is 19.8 Å². The van der Waals surface area contributed by atoms with Crippen molar-refractivity contribution >= 4 is 0 Å². The van der Waals surface area contributed by atoms with Gasteiger partial charge in [-0.25, -0.2) is 0 Å². The lowest BCUT2D eigenvalue weighted by atomic mass is 9.89. The molecule has 1 aliphatic heterocycles. The molecule has 3 nitrogen and oxygen atoms in total. The second-order valence-corrected chi connectivity index (χ2v) is 4.26. The molecule has 0 radical (unpaired) electrons. The van der Waals surface area contributed by atoms with Crippen molar-refractivity contribution in [3.05, 3.63) is 23.2 Å². The standard InChI is InChI=1S/C12H18O3/c1-8-7-11(9(2)15-8)12(13)10-3-5-14-6-4-10/h7,10,12-13H,3-6H2,1-2H3. The molecule has 1 N–H and O–H groups in total. The van der Waals surface area contributed by atoms with E-state index in [0.717, 1.165) is 43.1 Å². The maximum Gasteiger partial charge on any atom is 0.106 e. The van der Waals surface area contributed by atoms with Gasteiger partial charge >= 0.3 is 0 Å². The number of hydrogen-bond donors (Lipinski definition) is 1. The Balaban J connectivity index is 2.12. The van der Waals surface area contributed by atoms with E-state index >= 15 is 0 Å². The van der Waals surface area contributed by atoms with Gasteiger partial charge in [0.1, 0.15) is 11.5 Å². The number of rotatable bonds is 2.